The summed E-state index contributed by atoms with van der Waals surface area (Å²) in [4.78, 5) is 25.5. The lowest BCUT2D eigenvalue weighted by Crippen LogP contribution is -2.24. The molecule has 1 atom stereocenters. The van der Waals surface area contributed by atoms with Crippen LogP contribution in [0.4, 0.5) is 0 Å². The summed E-state index contributed by atoms with van der Waals surface area (Å²) < 4.78 is 10.2. The number of rotatable bonds is 7. The van der Waals surface area contributed by atoms with Crippen LogP contribution < -0.4 is 4.74 Å². The van der Waals surface area contributed by atoms with E-state index >= 15 is 0 Å². The molecule has 0 N–H and O–H groups in total. The molecule has 0 aliphatic heterocycles. The predicted octanol–water partition coefficient (Wildman–Crippen LogP) is 2.90. The van der Waals surface area contributed by atoms with Crippen LogP contribution in [0.25, 0.3) is 6.08 Å². The molecular weight excluding hydrogens is 306 g/mol. The number of esters is 1. The van der Waals surface area contributed by atoms with E-state index in [2.05, 4.69) is 4.90 Å². The molecule has 0 unspecified atom stereocenters. The quantitative estimate of drug-likeness (QED) is 0.437. The molecule has 0 radical (unpaired) electrons. The minimum Gasteiger partial charge on any atom is -0.457 e. The van der Waals surface area contributed by atoms with Crippen LogP contribution in [0.15, 0.2) is 29.8 Å². The van der Waals surface area contributed by atoms with E-state index in [1.165, 1.54) is 0 Å². The van der Waals surface area contributed by atoms with Gasteiger partial charge in [0.2, 0.25) is 6.79 Å². The first kappa shape index (κ1) is 18.2. The Labute approximate surface area is 143 Å². The second kappa shape index (κ2) is 8.64. The van der Waals surface area contributed by atoms with Crippen molar-refractivity contribution in [3.8, 4) is 5.75 Å². The van der Waals surface area contributed by atoms with Crippen LogP contribution in [0.1, 0.15) is 31.7 Å². The highest BCUT2D eigenvalue weighted by molar-refractivity contribution is 6.03. The van der Waals surface area contributed by atoms with Crippen molar-refractivity contribution in [2.75, 3.05) is 27.4 Å². The third kappa shape index (κ3) is 5.20. The number of carbonyl (C=O) groups excluding carboxylic acids is 2. The van der Waals surface area contributed by atoms with Crippen molar-refractivity contribution in [1.29, 1.82) is 0 Å². The molecule has 1 fully saturated rings. The lowest BCUT2D eigenvalue weighted by Gasteiger charge is -2.13. The molecule has 0 bridgehead atoms. The highest BCUT2D eigenvalue weighted by atomic mass is 16.7. The third-order valence-corrected chi connectivity index (χ3v) is 3.99. The number of carbonyl (C=O) groups is 2. The molecular formula is C19H25NO4. The van der Waals surface area contributed by atoms with Crippen molar-refractivity contribution in [1.82, 2.24) is 4.90 Å². The maximum Gasteiger partial charge on any atom is 0.308 e. The summed E-state index contributed by atoms with van der Waals surface area (Å²) in [6.45, 7) is 2.45. The minimum atomic E-state index is -0.289. The zero-order valence-corrected chi connectivity index (χ0v) is 14.6. The Hall–Kier alpha value is -2.14. The van der Waals surface area contributed by atoms with Crippen LogP contribution in [0, 0.1) is 5.92 Å². The van der Waals surface area contributed by atoms with Gasteiger partial charge in [0.25, 0.3) is 0 Å². The Balaban J connectivity index is 1.91. The predicted molar refractivity (Wildman–Crippen MR) is 92.6 cm³/mol. The average molecular weight is 331 g/mol. The van der Waals surface area contributed by atoms with Crippen LogP contribution in [-0.2, 0) is 14.3 Å². The zero-order valence-electron chi connectivity index (χ0n) is 14.6. The van der Waals surface area contributed by atoms with Gasteiger partial charge in [-0.25, -0.2) is 0 Å². The van der Waals surface area contributed by atoms with E-state index in [1.54, 1.807) is 6.92 Å². The van der Waals surface area contributed by atoms with Crippen molar-refractivity contribution in [2.45, 2.75) is 26.2 Å². The van der Waals surface area contributed by atoms with E-state index in [4.69, 9.17) is 9.47 Å². The number of Topliss-reactive ketones (excluding diaryl/α,β-unsaturated/α-hetero) is 1. The highest BCUT2D eigenvalue weighted by Crippen LogP contribution is 2.29. The van der Waals surface area contributed by atoms with Gasteiger partial charge in [0.1, 0.15) is 5.75 Å². The van der Waals surface area contributed by atoms with Gasteiger partial charge in [-0.2, -0.15) is 0 Å². The molecule has 1 saturated carbocycles. The van der Waals surface area contributed by atoms with Crippen LogP contribution in [0.5, 0.6) is 5.75 Å². The number of benzene rings is 1. The Morgan fingerprint density at radius 2 is 2.00 bits per heavy atom. The highest BCUT2D eigenvalue weighted by Gasteiger charge is 2.29. The normalized spacial score (nSPS) is 19.1. The molecule has 130 valence electrons. The number of hydrogen-bond acceptors (Lipinski definition) is 5. The largest absolute Gasteiger partial charge is 0.457 e. The minimum absolute atomic E-state index is 0.0855. The van der Waals surface area contributed by atoms with Gasteiger partial charge in [-0.1, -0.05) is 19.1 Å². The van der Waals surface area contributed by atoms with E-state index in [0.29, 0.717) is 12.2 Å². The van der Waals surface area contributed by atoms with Gasteiger partial charge in [0.15, 0.2) is 5.78 Å². The maximum absolute atomic E-state index is 12.4. The molecule has 0 amide bonds. The maximum atomic E-state index is 12.4. The van der Waals surface area contributed by atoms with Crippen LogP contribution >= 0.6 is 0 Å². The Bertz CT molecular complexity index is 604. The average Bonchev–Trinajstić information content (AvgIpc) is 2.89. The second-order valence-corrected chi connectivity index (χ2v) is 6.23. The molecule has 24 heavy (non-hydrogen) atoms. The zero-order chi connectivity index (χ0) is 17.5. The van der Waals surface area contributed by atoms with Crippen LogP contribution in [-0.4, -0.2) is 44.1 Å². The molecule has 0 spiro atoms. The van der Waals surface area contributed by atoms with Crippen molar-refractivity contribution >= 4 is 17.8 Å². The summed E-state index contributed by atoms with van der Waals surface area (Å²) in [6.07, 6.45) is 4.05. The molecule has 0 aromatic heterocycles. The summed E-state index contributed by atoms with van der Waals surface area (Å²) in [5.41, 5.74) is 1.87. The van der Waals surface area contributed by atoms with Crippen molar-refractivity contribution < 1.29 is 19.1 Å². The Morgan fingerprint density at radius 1 is 1.29 bits per heavy atom. The third-order valence-electron chi connectivity index (χ3n) is 3.99. The first-order valence-corrected chi connectivity index (χ1v) is 8.27. The standard InChI is InChI=1S/C19H25NO4/c1-4-18(21)24-13-23-17-9-5-14(6-10-17)11-15-7-8-16(19(15)22)12-20(2)3/h5-6,9-11,16H,4,7-8,12-13H2,1-3H3/b15-11+/t16-/m1/s1. The summed E-state index contributed by atoms with van der Waals surface area (Å²) >= 11 is 0. The van der Waals surface area contributed by atoms with Crippen molar-refractivity contribution in [3.05, 3.63) is 35.4 Å². The molecule has 0 saturated heterocycles. The van der Waals surface area contributed by atoms with Crippen LogP contribution in [0.2, 0.25) is 0 Å². The lowest BCUT2D eigenvalue weighted by molar-refractivity contribution is -0.149. The molecule has 5 nitrogen and oxygen atoms in total. The monoisotopic (exact) mass is 331 g/mol. The van der Waals surface area contributed by atoms with Gasteiger partial charge in [-0.05, 0) is 56.3 Å². The van der Waals surface area contributed by atoms with E-state index in [1.807, 2.05) is 44.4 Å². The van der Waals surface area contributed by atoms with Crippen molar-refractivity contribution in [2.24, 2.45) is 5.92 Å². The summed E-state index contributed by atoms with van der Waals surface area (Å²) in [5, 5.41) is 0. The lowest BCUT2D eigenvalue weighted by atomic mass is 10.0. The molecule has 0 heterocycles. The molecule has 1 aromatic carbocycles. The fourth-order valence-electron chi connectivity index (χ4n) is 2.73. The van der Waals surface area contributed by atoms with E-state index in [9.17, 15) is 9.59 Å². The smallest absolute Gasteiger partial charge is 0.308 e. The molecule has 5 heteroatoms. The van der Waals surface area contributed by atoms with Gasteiger partial charge < -0.3 is 14.4 Å². The van der Waals surface area contributed by atoms with Gasteiger partial charge in [0, 0.05) is 18.9 Å². The first-order chi connectivity index (χ1) is 11.5. The molecule has 2 rings (SSSR count). The van der Waals surface area contributed by atoms with Gasteiger partial charge in [-0.3, -0.25) is 9.59 Å². The molecule has 1 aliphatic carbocycles. The van der Waals surface area contributed by atoms with E-state index in [-0.39, 0.29) is 24.5 Å². The summed E-state index contributed by atoms with van der Waals surface area (Å²) in [7, 11) is 3.98. The fourth-order valence-corrected chi connectivity index (χ4v) is 2.73. The van der Waals surface area contributed by atoms with Gasteiger partial charge in [0.05, 0.1) is 0 Å². The Kier molecular flexibility index (Phi) is 6.55. The van der Waals surface area contributed by atoms with Gasteiger partial charge >= 0.3 is 5.97 Å². The topological polar surface area (TPSA) is 55.8 Å². The first-order valence-electron chi connectivity index (χ1n) is 8.27. The fraction of sp³-hybridized carbons (Fsp3) is 0.474. The van der Waals surface area contributed by atoms with E-state index in [0.717, 1.165) is 30.5 Å². The number of hydrogen-bond donors (Lipinski definition) is 0. The summed E-state index contributed by atoms with van der Waals surface area (Å²) in [6, 6.07) is 7.42. The van der Waals surface area contributed by atoms with Crippen LogP contribution in [0.3, 0.4) is 0 Å². The summed E-state index contributed by atoms with van der Waals surface area (Å²) in [5.74, 6) is 0.713. The van der Waals surface area contributed by atoms with Gasteiger partial charge in [-0.15, -0.1) is 0 Å². The SMILES string of the molecule is CCC(=O)OCOc1ccc(/C=C2\CC[C@H](CN(C)C)C2=O)cc1. The number of nitrogens with zero attached hydrogens (tertiary/aromatic N) is 1. The number of allylic oxidation sites excluding steroid dienone is 1. The second-order valence-electron chi connectivity index (χ2n) is 6.23. The Morgan fingerprint density at radius 3 is 2.62 bits per heavy atom. The molecule has 1 aliphatic rings. The molecule has 1 aromatic rings. The van der Waals surface area contributed by atoms with Crippen molar-refractivity contribution in [3.63, 3.8) is 0 Å². The van der Waals surface area contributed by atoms with E-state index < -0.39 is 0 Å². The number of ether oxygens (including phenoxy) is 2. The number of ketones is 1.